The topological polar surface area (TPSA) is 63.6 Å². The summed E-state index contributed by atoms with van der Waals surface area (Å²) >= 11 is 3.04. The molecule has 7 heteroatoms. The zero-order chi connectivity index (χ0) is 20.5. The third kappa shape index (κ3) is 6.58. The van der Waals surface area contributed by atoms with E-state index in [-0.39, 0.29) is 11.2 Å². The SMILES string of the molecule is CCCCCOc1ccc(/C=N\NC(=O)[C@H](C)Sc2nc3ccccc3s2)cc1. The fourth-order valence-corrected chi connectivity index (χ4v) is 4.76. The molecule has 5 nitrogen and oxygen atoms in total. The first kappa shape index (κ1) is 21.3. The minimum atomic E-state index is -0.286. The highest BCUT2D eigenvalue weighted by Gasteiger charge is 2.16. The zero-order valence-electron chi connectivity index (χ0n) is 16.6. The van der Waals surface area contributed by atoms with Crippen molar-refractivity contribution >= 4 is 45.4 Å². The average molecular weight is 428 g/mol. The number of fused-ring (bicyclic) bond motifs is 1. The molecule has 0 fully saturated rings. The number of carbonyl (C=O) groups excluding carboxylic acids is 1. The van der Waals surface area contributed by atoms with Gasteiger partial charge in [-0.2, -0.15) is 5.10 Å². The molecule has 3 aromatic rings. The van der Waals surface area contributed by atoms with Gasteiger partial charge in [-0.3, -0.25) is 4.79 Å². The maximum atomic E-state index is 12.3. The number of thiazole rings is 1. The van der Waals surface area contributed by atoms with Gasteiger partial charge in [0.1, 0.15) is 5.75 Å². The van der Waals surface area contributed by atoms with E-state index in [9.17, 15) is 4.79 Å². The molecule has 0 saturated heterocycles. The highest BCUT2D eigenvalue weighted by atomic mass is 32.2. The summed E-state index contributed by atoms with van der Waals surface area (Å²) in [6.45, 7) is 4.76. The summed E-state index contributed by atoms with van der Waals surface area (Å²) in [7, 11) is 0. The van der Waals surface area contributed by atoms with Crippen molar-refractivity contribution in [1.29, 1.82) is 0 Å². The lowest BCUT2D eigenvalue weighted by Gasteiger charge is -2.07. The van der Waals surface area contributed by atoms with Gasteiger partial charge in [0.25, 0.3) is 5.91 Å². The van der Waals surface area contributed by atoms with E-state index in [1.807, 2.05) is 55.5 Å². The van der Waals surface area contributed by atoms with E-state index < -0.39 is 0 Å². The van der Waals surface area contributed by atoms with E-state index in [1.54, 1.807) is 17.6 Å². The molecule has 1 atom stereocenters. The number of nitrogens with one attached hydrogen (secondary N) is 1. The largest absolute Gasteiger partial charge is 0.494 e. The molecule has 3 rings (SSSR count). The van der Waals surface area contributed by atoms with Gasteiger partial charge >= 0.3 is 0 Å². The quantitative estimate of drug-likeness (QED) is 0.201. The molecule has 0 aliphatic rings. The summed E-state index contributed by atoms with van der Waals surface area (Å²) in [5.74, 6) is 0.699. The Morgan fingerprint density at radius 1 is 1.24 bits per heavy atom. The van der Waals surface area contributed by atoms with Crippen LogP contribution in [0.15, 0.2) is 58.0 Å². The molecular weight excluding hydrogens is 402 g/mol. The zero-order valence-corrected chi connectivity index (χ0v) is 18.3. The molecule has 0 bridgehead atoms. The number of amides is 1. The number of hydrogen-bond donors (Lipinski definition) is 1. The Balaban J connectivity index is 1.45. The third-order valence-electron chi connectivity index (χ3n) is 4.21. The predicted octanol–water partition coefficient (Wildman–Crippen LogP) is 5.50. The van der Waals surface area contributed by atoms with Crippen molar-refractivity contribution in [2.75, 3.05) is 6.61 Å². The van der Waals surface area contributed by atoms with E-state index in [1.165, 1.54) is 24.6 Å². The van der Waals surface area contributed by atoms with Gasteiger partial charge in [0.05, 0.1) is 28.3 Å². The van der Waals surface area contributed by atoms with Gasteiger partial charge in [-0.15, -0.1) is 11.3 Å². The van der Waals surface area contributed by atoms with Crippen molar-refractivity contribution in [3.8, 4) is 5.75 Å². The lowest BCUT2D eigenvalue weighted by Crippen LogP contribution is -2.26. The molecule has 1 aromatic heterocycles. The molecule has 0 aliphatic carbocycles. The van der Waals surface area contributed by atoms with Gasteiger partial charge in [-0.1, -0.05) is 43.7 Å². The maximum absolute atomic E-state index is 12.3. The second kappa shape index (κ2) is 11.0. The molecule has 0 unspecified atom stereocenters. The summed E-state index contributed by atoms with van der Waals surface area (Å²) < 4.78 is 7.70. The Bertz CT molecular complexity index is 921. The van der Waals surface area contributed by atoms with E-state index >= 15 is 0 Å². The Kier molecular flexibility index (Phi) is 8.07. The molecule has 1 N–H and O–H groups in total. The van der Waals surface area contributed by atoms with Crippen molar-refractivity contribution in [2.24, 2.45) is 5.10 Å². The molecule has 0 spiro atoms. The molecule has 0 radical (unpaired) electrons. The maximum Gasteiger partial charge on any atom is 0.253 e. The summed E-state index contributed by atoms with van der Waals surface area (Å²) in [4.78, 5) is 16.8. The van der Waals surface area contributed by atoms with Gasteiger partial charge in [0.15, 0.2) is 4.34 Å². The molecular formula is C22H25N3O2S2. The van der Waals surface area contributed by atoms with Gasteiger partial charge in [-0.25, -0.2) is 10.4 Å². The van der Waals surface area contributed by atoms with Crippen LogP contribution in [0.1, 0.15) is 38.7 Å². The van der Waals surface area contributed by atoms with Crippen LogP contribution in [0.25, 0.3) is 10.2 Å². The van der Waals surface area contributed by atoms with Crippen LogP contribution in [0.4, 0.5) is 0 Å². The highest BCUT2D eigenvalue weighted by molar-refractivity contribution is 8.02. The fraction of sp³-hybridized carbons (Fsp3) is 0.318. The second-order valence-corrected chi connectivity index (χ2v) is 9.19. The number of hydrazone groups is 1. The minimum absolute atomic E-state index is 0.151. The number of carbonyl (C=O) groups is 1. The van der Waals surface area contributed by atoms with Crippen LogP contribution in [0.3, 0.4) is 0 Å². The molecule has 1 heterocycles. The fourth-order valence-electron chi connectivity index (χ4n) is 2.56. The number of nitrogens with zero attached hydrogens (tertiary/aromatic N) is 2. The van der Waals surface area contributed by atoms with Crippen LogP contribution in [0, 0.1) is 0 Å². The lowest BCUT2D eigenvalue weighted by atomic mass is 10.2. The molecule has 29 heavy (non-hydrogen) atoms. The van der Waals surface area contributed by atoms with Crippen LogP contribution in [0.5, 0.6) is 5.75 Å². The smallest absolute Gasteiger partial charge is 0.253 e. The lowest BCUT2D eigenvalue weighted by molar-refractivity contribution is -0.120. The van der Waals surface area contributed by atoms with E-state index in [0.717, 1.165) is 38.9 Å². The predicted molar refractivity (Wildman–Crippen MR) is 122 cm³/mol. The van der Waals surface area contributed by atoms with Crippen LogP contribution >= 0.6 is 23.1 Å². The molecule has 0 saturated carbocycles. The summed E-state index contributed by atoms with van der Waals surface area (Å²) in [6, 6.07) is 15.6. The Labute approximate surface area is 179 Å². The summed E-state index contributed by atoms with van der Waals surface area (Å²) in [6.07, 6.45) is 5.06. The number of para-hydroxylation sites is 1. The van der Waals surface area contributed by atoms with Gasteiger partial charge in [-0.05, 0) is 55.3 Å². The van der Waals surface area contributed by atoms with Crippen molar-refractivity contribution < 1.29 is 9.53 Å². The van der Waals surface area contributed by atoms with Crippen LogP contribution in [-0.2, 0) is 4.79 Å². The average Bonchev–Trinajstić information content (AvgIpc) is 3.14. The first-order valence-electron chi connectivity index (χ1n) is 9.73. The number of rotatable bonds is 10. The number of ether oxygens (including phenoxy) is 1. The highest BCUT2D eigenvalue weighted by Crippen LogP contribution is 2.31. The molecule has 152 valence electrons. The monoisotopic (exact) mass is 427 g/mol. The number of aromatic nitrogens is 1. The van der Waals surface area contributed by atoms with Gasteiger partial charge in [0.2, 0.25) is 0 Å². The van der Waals surface area contributed by atoms with Crippen molar-refractivity contribution in [2.45, 2.75) is 42.7 Å². The number of benzene rings is 2. The Morgan fingerprint density at radius 2 is 2.03 bits per heavy atom. The van der Waals surface area contributed by atoms with E-state index in [0.29, 0.717) is 0 Å². The van der Waals surface area contributed by atoms with Crippen LogP contribution < -0.4 is 10.2 Å². The minimum Gasteiger partial charge on any atom is -0.494 e. The normalized spacial score (nSPS) is 12.3. The first-order chi connectivity index (χ1) is 14.2. The Hall–Kier alpha value is -2.38. The Morgan fingerprint density at radius 3 is 2.79 bits per heavy atom. The molecule has 0 aliphatic heterocycles. The summed E-state index contributed by atoms with van der Waals surface area (Å²) in [5, 5.41) is 3.78. The van der Waals surface area contributed by atoms with Crippen molar-refractivity contribution in [1.82, 2.24) is 10.4 Å². The molecule has 2 aromatic carbocycles. The van der Waals surface area contributed by atoms with Crippen LogP contribution in [-0.4, -0.2) is 29.0 Å². The summed E-state index contributed by atoms with van der Waals surface area (Å²) in [5.41, 5.74) is 4.47. The van der Waals surface area contributed by atoms with Crippen LogP contribution in [0.2, 0.25) is 0 Å². The second-order valence-electron chi connectivity index (χ2n) is 6.57. The molecule has 1 amide bonds. The van der Waals surface area contributed by atoms with Gasteiger partial charge < -0.3 is 4.74 Å². The van der Waals surface area contributed by atoms with Crippen molar-refractivity contribution in [3.05, 3.63) is 54.1 Å². The standard InChI is InChI=1S/C22H25N3O2S2/c1-3-4-7-14-27-18-12-10-17(11-13-18)15-23-25-21(26)16(2)28-22-24-19-8-5-6-9-20(19)29-22/h5-6,8-13,15-16H,3-4,7,14H2,1-2H3,(H,25,26)/b23-15-/t16-/m0/s1. The van der Waals surface area contributed by atoms with E-state index in [4.69, 9.17) is 4.74 Å². The number of hydrogen-bond acceptors (Lipinski definition) is 6. The van der Waals surface area contributed by atoms with Crippen molar-refractivity contribution in [3.63, 3.8) is 0 Å². The number of thioether (sulfide) groups is 1. The van der Waals surface area contributed by atoms with Gasteiger partial charge in [0, 0.05) is 0 Å². The van der Waals surface area contributed by atoms with E-state index in [2.05, 4.69) is 22.4 Å². The number of unbranched alkanes of at least 4 members (excludes halogenated alkanes) is 2. The first-order valence-corrected chi connectivity index (χ1v) is 11.4. The third-order valence-corrected chi connectivity index (χ3v) is 6.44.